The van der Waals surface area contributed by atoms with E-state index in [1.165, 1.54) is 23.1 Å². The Morgan fingerprint density at radius 1 is 1.32 bits per heavy atom. The van der Waals surface area contributed by atoms with Gasteiger partial charge in [0.05, 0.1) is 11.4 Å². The summed E-state index contributed by atoms with van der Waals surface area (Å²) in [5.41, 5.74) is 11.7. The van der Waals surface area contributed by atoms with Crippen LogP contribution in [-0.2, 0) is 0 Å². The van der Waals surface area contributed by atoms with Gasteiger partial charge >= 0.3 is 0 Å². The van der Waals surface area contributed by atoms with Gasteiger partial charge in [0.2, 0.25) is 0 Å². The molecule has 0 aromatic carbocycles. The summed E-state index contributed by atoms with van der Waals surface area (Å²) < 4.78 is 0. The Balaban J connectivity index is 0.000000861. The van der Waals surface area contributed by atoms with E-state index in [9.17, 15) is 0 Å². The quantitative estimate of drug-likeness (QED) is 0.727. The van der Waals surface area contributed by atoms with E-state index in [0.717, 1.165) is 24.2 Å². The molecule has 0 aromatic heterocycles. The van der Waals surface area contributed by atoms with E-state index >= 15 is 0 Å². The van der Waals surface area contributed by atoms with Crippen molar-refractivity contribution >= 4 is 6.21 Å². The number of rotatable bonds is 2. The average Bonchev–Trinajstić information content (AvgIpc) is 2.69. The third kappa shape index (κ3) is 2.89. The third-order valence-corrected chi connectivity index (χ3v) is 3.50. The van der Waals surface area contributed by atoms with E-state index in [-0.39, 0.29) is 0 Å². The summed E-state index contributed by atoms with van der Waals surface area (Å²) in [7, 11) is 0. The molecule has 0 spiro atoms. The fourth-order valence-corrected chi connectivity index (χ4v) is 2.81. The summed E-state index contributed by atoms with van der Waals surface area (Å²) in [5, 5.41) is 0. The smallest absolute Gasteiger partial charge is 0.0898 e. The van der Waals surface area contributed by atoms with Crippen LogP contribution >= 0.6 is 0 Å². The Labute approximate surface area is 117 Å². The maximum Gasteiger partial charge on any atom is 0.0898 e. The molecule has 2 N–H and O–H groups in total. The predicted molar refractivity (Wildman–Crippen MR) is 85.0 cm³/mol. The van der Waals surface area contributed by atoms with Crippen LogP contribution in [0.4, 0.5) is 0 Å². The number of allylic oxidation sites excluding steroid dienone is 5. The third-order valence-electron chi connectivity index (χ3n) is 3.50. The Bertz CT molecular complexity index is 462. The molecule has 2 rings (SSSR count). The van der Waals surface area contributed by atoms with E-state index in [1.807, 2.05) is 33.9 Å². The molecule has 2 nitrogen and oxygen atoms in total. The van der Waals surface area contributed by atoms with Gasteiger partial charge in [-0.3, -0.25) is 4.99 Å². The van der Waals surface area contributed by atoms with Gasteiger partial charge in [-0.25, -0.2) is 0 Å². The van der Waals surface area contributed by atoms with Crippen molar-refractivity contribution in [3.63, 3.8) is 0 Å². The van der Waals surface area contributed by atoms with Gasteiger partial charge < -0.3 is 5.73 Å². The summed E-state index contributed by atoms with van der Waals surface area (Å²) in [6, 6.07) is 0. The number of fused-ring (bicyclic) bond motifs is 1. The minimum atomic E-state index is 0.422. The van der Waals surface area contributed by atoms with E-state index in [4.69, 9.17) is 5.73 Å². The molecule has 2 aliphatic rings. The van der Waals surface area contributed by atoms with Gasteiger partial charge in [0.15, 0.2) is 0 Å². The molecular formula is C17H26N2. The molecule has 0 heterocycles. The normalized spacial score (nSPS) is 23.2. The standard InChI is InChI=1S/C15H20N2.C2H6/c1-4-7-12-11-9-6-8-10(3)13(11)15(14(12)16)17-5-2;1-2/h4-5,7,11H,3,6,8-9,16H2,1-2H3;1-2H3/b7-4-,17-5?;. The Morgan fingerprint density at radius 2 is 2.00 bits per heavy atom. The van der Waals surface area contributed by atoms with Crippen molar-refractivity contribution < 1.29 is 0 Å². The lowest BCUT2D eigenvalue weighted by Gasteiger charge is -2.24. The van der Waals surface area contributed by atoms with Crippen LogP contribution < -0.4 is 5.73 Å². The van der Waals surface area contributed by atoms with Gasteiger partial charge in [-0.1, -0.05) is 32.6 Å². The Hall–Kier alpha value is -1.57. The minimum Gasteiger partial charge on any atom is -0.397 e. The van der Waals surface area contributed by atoms with Gasteiger partial charge in [0, 0.05) is 12.1 Å². The number of hydrogen-bond acceptors (Lipinski definition) is 2. The summed E-state index contributed by atoms with van der Waals surface area (Å²) in [6.45, 7) is 12.1. The van der Waals surface area contributed by atoms with Gasteiger partial charge in [-0.15, -0.1) is 0 Å². The Kier molecular flexibility index (Phi) is 5.81. The summed E-state index contributed by atoms with van der Waals surface area (Å²) in [4.78, 5) is 4.45. The molecule has 0 aliphatic heterocycles. The van der Waals surface area contributed by atoms with Crippen LogP contribution in [-0.4, -0.2) is 6.21 Å². The van der Waals surface area contributed by atoms with Crippen LogP contribution in [0.15, 0.2) is 51.8 Å². The van der Waals surface area contributed by atoms with Crippen molar-refractivity contribution in [3.05, 3.63) is 46.8 Å². The maximum atomic E-state index is 6.23. The summed E-state index contributed by atoms with van der Waals surface area (Å²) in [5.74, 6) is 0.422. The maximum absolute atomic E-state index is 6.23. The largest absolute Gasteiger partial charge is 0.397 e. The number of aliphatic imine (C=N–C) groups is 1. The van der Waals surface area contributed by atoms with Crippen LogP contribution in [0.5, 0.6) is 0 Å². The molecule has 0 radical (unpaired) electrons. The van der Waals surface area contributed by atoms with Crippen molar-refractivity contribution in [2.75, 3.05) is 0 Å². The van der Waals surface area contributed by atoms with Crippen molar-refractivity contribution in [2.45, 2.75) is 47.0 Å². The highest BCUT2D eigenvalue weighted by Gasteiger charge is 2.34. The molecule has 1 unspecified atom stereocenters. The van der Waals surface area contributed by atoms with Gasteiger partial charge in [-0.05, 0) is 49.8 Å². The predicted octanol–water partition coefficient (Wildman–Crippen LogP) is 4.52. The van der Waals surface area contributed by atoms with Crippen LogP contribution in [0.1, 0.15) is 47.0 Å². The summed E-state index contributed by atoms with van der Waals surface area (Å²) >= 11 is 0. The second kappa shape index (κ2) is 7.13. The van der Waals surface area contributed by atoms with E-state index < -0.39 is 0 Å². The molecule has 2 heteroatoms. The molecule has 0 saturated heterocycles. The molecule has 1 atom stereocenters. The van der Waals surface area contributed by atoms with E-state index in [0.29, 0.717) is 5.92 Å². The lowest BCUT2D eigenvalue weighted by Crippen LogP contribution is -2.11. The minimum absolute atomic E-state index is 0.422. The molecule has 0 amide bonds. The first kappa shape index (κ1) is 15.5. The van der Waals surface area contributed by atoms with Crippen LogP contribution in [0.2, 0.25) is 0 Å². The van der Waals surface area contributed by atoms with Crippen LogP contribution in [0.3, 0.4) is 0 Å². The van der Waals surface area contributed by atoms with Crippen molar-refractivity contribution in [3.8, 4) is 0 Å². The van der Waals surface area contributed by atoms with E-state index in [1.54, 1.807) is 0 Å². The first-order valence-corrected chi connectivity index (χ1v) is 7.24. The molecule has 104 valence electrons. The first-order valence-electron chi connectivity index (χ1n) is 7.24. The molecule has 1 fully saturated rings. The fourth-order valence-electron chi connectivity index (χ4n) is 2.81. The zero-order chi connectivity index (χ0) is 14.4. The second-order valence-electron chi connectivity index (χ2n) is 4.57. The van der Waals surface area contributed by atoms with Gasteiger partial charge in [0.1, 0.15) is 0 Å². The fraction of sp³-hybridized carbons (Fsp3) is 0.471. The molecule has 0 aromatic rings. The highest BCUT2D eigenvalue weighted by molar-refractivity contribution is 5.64. The molecule has 1 saturated carbocycles. The number of hydrogen-bond donors (Lipinski definition) is 1. The van der Waals surface area contributed by atoms with E-state index in [2.05, 4.69) is 23.7 Å². The summed E-state index contributed by atoms with van der Waals surface area (Å²) in [6.07, 6.45) is 9.42. The average molecular weight is 258 g/mol. The highest BCUT2D eigenvalue weighted by atomic mass is 14.8. The zero-order valence-electron chi connectivity index (χ0n) is 12.7. The Morgan fingerprint density at radius 3 is 2.58 bits per heavy atom. The number of nitrogens with zero attached hydrogens (tertiary/aromatic N) is 1. The topological polar surface area (TPSA) is 38.4 Å². The molecule has 2 aliphatic carbocycles. The highest BCUT2D eigenvalue weighted by Crippen LogP contribution is 2.46. The first-order chi connectivity index (χ1) is 9.20. The van der Waals surface area contributed by atoms with Crippen molar-refractivity contribution in [1.82, 2.24) is 0 Å². The SMILES string of the molecule is C=C1CCCC2C(/C=C\C)=C(N)C(N=CC)=C12.CC. The van der Waals surface area contributed by atoms with Gasteiger partial charge in [-0.2, -0.15) is 0 Å². The second-order valence-corrected chi connectivity index (χ2v) is 4.57. The molecule has 0 bridgehead atoms. The van der Waals surface area contributed by atoms with Crippen LogP contribution in [0, 0.1) is 5.92 Å². The lowest BCUT2D eigenvalue weighted by molar-refractivity contribution is 0.573. The van der Waals surface area contributed by atoms with Crippen molar-refractivity contribution in [1.29, 1.82) is 0 Å². The molecule has 19 heavy (non-hydrogen) atoms. The van der Waals surface area contributed by atoms with Gasteiger partial charge in [0.25, 0.3) is 0 Å². The van der Waals surface area contributed by atoms with Crippen molar-refractivity contribution in [2.24, 2.45) is 16.6 Å². The monoisotopic (exact) mass is 258 g/mol. The number of nitrogens with two attached hydrogens (primary N) is 1. The van der Waals surface area contributed by atoms with Crippen LogP contribution in [0.25, 0.3) is 0 Å². The molecular weight excluding hydrogens is 232 g/mol. The lowest BCUT2D eigenvalue weighted by atomic mass is 9.80. The zero-order valence-corrected chi connectivity index (χ0v) is 12.7.